The van der Waals surface area contributed by atoms with Crippen molar-refractivity contribution in [1.29, 1.82) is 0 Å². The fourth-order valence-electron chi connectivity index (χ4n) is 2.50. The van der Waals surface area contributed by atoms with E-state index in [0.29, 0.717) is 21.2 Å². The lowest BCUT2D eigenvalue weighted by Gasteiger charge is -2.41. The molecule has 0 aliphatic rings. The van der Waals surface area contributed by atoms with Crippen LogP contribution in [0.4, 0.5) is 0 Å². The topological polar surface area (TPSA) is 40.6 Å². The van der Waals surface area contributed by atoms with Gasteiger partial charge in [0.2, 0.25) is 0 Å². The van der Waals surface area contributed by atoms with Crippen LogP contribution in [0.5, 0.6) is 0 Å². The third-order valence-corrected chi connectivity index (χ3v) is 4.35. The van der Waals surface area contributed by atoms with E-state index < -0.39 is 5.54 Å². The van der Waals surface area contributed by atoms with Crippen LogP contribution in [-0.2, 0) is 0 Å². The third kappa shape index (κ3) is 4.33. The van der Waals surface area contributed by atoms with Gasteiger partial charge in [0.25, 0.3) is 11.8 Å². The highest BCUT2D eigenvalue weighted by atomic mass is 35.5. The van der Waals surface area contributed by atoms with Gasteiger partial charge in [0.15, 0.2) is 0 Å². The van der Waals surface area contributed by atoms with Crippen molar-refractivity contribution in [2.45, 2.75) is 26.3 Å². The second-order valence-corrected chi connectivity index (χ2v) is 7.43. The number of nitrogens with zero attached hydrogens (tertiary/aromatic N) is 2. The predicted octanol–water partition coefficient (Wildman–Crippen LogP) is 4.92. The Balaban J connectivity index is 2.40. The molecule has 0 aliphatic heterocycles. The highest BCUT2D eigenvalue weighted by Gasteiger charge is 2.34. The van der Waals surface area contributed by atoms with Crippen molar-refractivity contribution in [2.75, 3.05) is 7.05 Å². The second kappa shape index (κ2) is 7.46. The Hall–Kier alpha value is -2.04. The first kappa shape index (κ1) is 19.3. The molecule has 25 heavy (non-hydrogen) atoms. The maximum absolute atomic E-state index is 13.1. The van der Waals surface area contributed by atoms with E-state index in [1.165, 1.54) is 16.1 Å². The summed E-state index contributed by atoms with van der Waals surface area (Å²) in [5.74, 6) is -0.609. The lowest BCUT2D eigenvalue weighted by Crippen LogP contribution is -2.56. The summed E-state index contributed by atoms with van der Waals surface area (Å²) in [6, 6.07) is 13.5. The number of halogens is 2. The fourth-order valence-corrected chi connectivity index (χ4v) is 2.80. The van der Waals surface area contributed by atoms with Crippen LogP contribution in [0.1, 0.15) is 41.5 Å². The minimum atomic E-state index is -0.623. The minimum absolute atomic E-state index is 0.274. The van der Waals surface area contributed by atoms with Crippen molar-refractivity contribution in [2.24, 2.45) is 0 Å². The van der Waals surface area contributed by atoms with Crippen LogP contribution >= 0.6 is 23.2 Å². The fraction of sp³-hybridized carbons (Fsp3) is 0.263. The van der Waals surface area contributed by atoms with Gasteiger partial charge in [-0.05, 0) is 51.1 Å². The molecule has 2 aromatic carbocycles. The van der Waals surface area contributed by atoms with Crippen molar-refractivity contribution in [3.63, 3.8) is 0 Å². The van der Waals surface area contributed by atoms with Gasteiger partial charge >= 0.3 is 0 Å². The second-order valence-electron chi connectivity index (χ2n) is 6.61. The zero-order valence-corrected chi connectivity index (χ0v) is 16.1. The lowest BCUT2D eigenvalue weighted by atomic mass is 10.1. The summed E-state index contributed by atoms with van der Waals surface area (Å²) in [5, 5.41) is 3.41. The predicted molar refractivity (Wildman–Crippen MR) is 101 cm³/mol. The van der Waals surface area contributed by atoms with Crippen molar-refractivity contribution < 1.29 is 9.59 Å². The van der Waals surface area contributed by atoms with Crippen molar-refractivity contribution in [1.82, 2.24) is 10.0 Å². The van der Waals surface area contributed by atoms with Crippen LogP contribution in [0, 0.1) is 0 Å². The first-order valence-electron chi connectivity index (χ1n) is 7.75. The Morgan fingerprint density at radius 3 is 1.96 bits per heavy atom. The van der Waals surface area contributed by atoms with Gasteiger partial charge in [0.05, 0.1) is 15.6 Å². The molecule has 0 saturated heterocycles. The molecule has 6 heteroatoms. The van der Waals surface area contributed by atoms with E-state index in [1.807, 2.05) is 26.8 Å². The van der Waals surface area contributed by atoms with Crippen LogP contribution < -0.4 is 0 Å². The molecule has 0 unspecified atom stereocenters. The molecule has 2 amide bonds. The number of hydrogen-bond donors (Lipinski definition) is 0. The van der Waals surface area contributed by atoms with Gasteiger partial charge in [-0.15, -0.1) is 0 Å². The molecule has 0 atom stereocenters. The average Bonchev–Trinajstić information content (AvgIpc) is 2.56. The van der Waals surface area contributed by atoms with Crippen LogP contribution in [-0.4, -0.2) is 34.4 Å². The van der Waals surface area contributed by atoms with Crippen LogP contribution in [0.2, 0.25) is 10.0 Å². The van der Waals surface area contributed by atoms with E-state index in [-0.39, 0.29) is 11.8 Å². The van der Waals surface area contributed by atoms with E-state index in [4.69, 9.17) is 23.2 Å². The maximum Gasteiger partial charge on any atom is 0.273 e. The molecule has 0 bridgehead atoms. The molecule has 132 valence electrons. The molecule has 0 heterocycles. The summed E-state index contributed by atoms with van der Waals surface area (Å²) in [6.45, 7) is 5.57. The highest BCUT2D eigenvalue weighted by molar-refractivity contribution is 6.42. The van der Waals surface area contributed by atoms with Gasteiger partial charge in [0.1, 0.15) is 0 Å². The molecule has 4 nitrogen and oxygen atoms in total. The molecular weight excluding hydrogens is 359 g/mol. The molecule has 0 aliphatic carbocycles. The summed E-state index contributed by atoms with van der Waals surface area (Å²) in [4.78, 5) is 25.8. The number of rotatable bonds is 2. The number of hydrazine groups is 1. The Morgan fingerprint density at radius 1 is 0.840 bits per heavy atom. The first-order chi connectivity index (χ1) is 11.6. The third-order valence-electron chi connectivity index (χ3n) is 3.61. The molecular formula is C19H20Cl2N2O2. The zero-order chi connectivity index (χ0) is 18.8. The van der Waals surface area contributed by atoms with Gasteiger partial charge in [-0.3, -0.25) is 9.59 Å². The van der Waals surface area contributed by atoms with Gasteiger partial charge in [0, 0.05) is 18.2 Å². The van der Waals surface area contributed by atoms with Crippen LogP contribution in [0.3, 0.4) is 0 Å². The lowest BCUT2D eigenvalue weighted by molar-refractivity contribution is -0.0308. The molecule has 0 spiro atoms. The monoisotopic (exact) mass is 378 g/mol. The summed E-state index contributed by atoms with van der Waals surface area (Å²) in [5.41, 5.74) is 0.237. The van der Waals surface area contributed by atoms with Crippen molar-refractivity contribution in [3.8, 4) is 0 Å². The Labute approximate surface area is 157 Å². The highest BCUT2D eigenvalue weighted by Crippen LogP contribution is 2.26. The Morgan fingerprint density at radius 2 is 1.44 bits per heavy atom. The van der Waals surface area contributed by atoms with Gasteiger partial charge in [-0.1, -0.05) is 41.4 Å². The number of hydrogen-bond acceptors (Lipinski definition) is 2. The average molecular weight is 379 g/mol. The largest absolute Gasteiger partial charge is 0.273 e. The molecule has 0 N–H and O–H groups in total. The van der Waals surface area contributed by atoms with Crippen LogP contribution in [0.25, 0.3) is 0 Å². The molecule has 0 radical (unpaired) electrons. The molecule has 2 aromatic rings. The van der Waals surface area contributed by atoms with Gasteiger partial charge in [-0.2, -0.15) is 0 Å². The summed E-state index contributed by atoms with van der Waals surface area (Å²) < 4.78 is 0. The molecule has 0 fully saturated rings. The van der Waals surface area contributed by atoms with E-state index in [0.717, 1.165) is 0 Å². The van der Waals surface area contributed by atoms with Crippen molar-refractivity contribution >= 4 is 35.0 Å². The Bertz CT molecular complexity index is 786. The maximum atomic E-state index is 13.1. The van der Waals surface area contributed by atoms with E-state index in [9.17, 15) is 9.59 Å². The van der Waals surface area contributed by atoms with Crippen molar-refractivity contribution in [3.05, 3.63) is 69.7 Å². The first-order valence-corrected chi connectivity index (χ1v) is 8.51. The van der Waals surface area contributed by atoms with Gasteiger partial charge < -0.3 is 0 Å². The zero-order valence-electron chi connectivity index (χ0n) is 14.6. The van der Waals surface area contributed by atoms with E-state index in [2.05, 4.69) is 0 Å². The summed E-state index contributed by atoms with van der Waals surface area (Å²) in [7, 11) is 1.58. The normalized spacial score (nSPS) is 11.1. The molecule has 2 rings (SSSR count). The smallest absolute Gasteiger partial charge is 0.267 e. The standard InChI is InChI=1S/C19H20Cl2N2O2/c1-19(2,3)23(18(25)14-10-11-15(20)16(21)12-14)22(4)17(24)13-8-6-5-7-9-13/h5-12H,1-4H3. The molecule has 0 saturated carbocycles. The van der Waals surface area contributed by atoms with Gasteiger partial charge in [-0.25, -0.2) is 10.0 Å². The van der Waals surface area contributed by atoms with E-state index in [1.54, 1.807) is 43.4 Å². The quantitative estimate of drug-likeness (QED) is 0.695. The Kier molecular flexibility index (Phi) is 5.76. The minimum Gasteiger partial charge on any atom is -0.267 e. The number of carbonyl (C=O) groups excluding carboxylic acids is 2. The van der Waals surface area contributed by atoms with E-state index >= 15 is 0 Å². The number of carbonyl (C=O) groups is 2. The SMILES string of the molecule is CN(C(=O)c1ccccc1)N(C(=O)c1ccc(Cl)c(Cl)c1)C(C)(C)C. The van der Waals surface area contributed by atoms with Crippen LogP contribution in [0.15, 0.2) is 48.5 Å². The number of benzene rings is 2. The molecule has 0 aromatic heterocycles. The summed E-state index contributed by atoms with van der Waals surface area (Å²) in [6.07, 6.45) is 0. The summed E-state index contributed by atoms with van der Waals surface area (Å²) >= 11 is 12.0. The number of amides is 2.